The number of nitrogens with zero attached hydrogens (tertiary/aromatic N) is 2. The van der Waals surface area contributed by atoms with Crippen molar-refractivity contribution < 1.29 is 14.3 Å². The summed E-state index contributed by atoms with van der Waals surface area (Å²) >= 11 is 17.8. The lowest BCUT2D eigenvalue weighted by molar-refractivity contribution is -0.123. The van der Waals surface area contributed by atoms with E-state index in [0.29, 0.717) is 10.7 Å². The molecule has 0 fully saturated rings. The summed E-state index contributed by atoms with van der Waals surface area (Å²) in [6, 6.07) is 13.3. The van der Waals surface area contributed by atoms with Crippen LogP contribution in [0, 0.1) is 0 Å². The second-order valence-corrected chi connectivity index (χ2v) is 7.57. The summed E-state index contributed by atoms with van der Waals surface area (Å²) in [6.07, 6.45) is 0. The van der Waals surface area contributed by atoms with Crippen LogP contribution in [0.4, 0.5) is 0 Å². The Morgan fingerprint density at radius 1 is 1.03 bits per heavy atom. The predicted molar refractivity (Wildman–Crippen MR) is 120 cm³/mol. The summed E-state index contributed by atoms with van der Waals surface area (Å²) in [5.74, 6) is 0.585. The van der Waals surface area contributed by atoms with Gasteiger partial charge in [0.1, 0.15) is 11.5 Å². The van der Waals surface area contributed by atoms with Crippen LogP contribution in [0.3, 0.4) is 0 Å². The molecule has 162 valence electrons. The van der Waals surface area contributed by atoms with Crippen molar-refractivity contribution in [3.8, 4) is 22.8 Å². The second kappa shape index (κ2) is 10.5. The highest BCUT2D eigenvalue weighted by Gasteiger charge is 2.10. The molecule has 0 spiro atoms. The smallest absolute Gasteiger partial charge is 0.266 e. The molecule has 0 aliphatic heterocycles. The number of hydrogen-bond acceptors (Lipinski definition) is 5. The molecule has 1 N–H and O–H groups in total. The molecule has 1 amide bonds. The van der Waals surface area contributed by atoms with E-state index >= 15 is 0 Å². The zero-order chi connectivity index (χ0) is 22.4. The van der Waals surface area contributed by atoms with Crippen molar-refractivity contribution in [1.82, 2.24) is 15.1 Å². The summed E-state index contributed by atoms with van der Waals surface area (Å²) in [5, 5.41) is 7.82. The summed E-state index contributed by atoms with van der Waals surface area (Å²) in [6.45, 7) is 0.115. The molecule has 1 aromatic heterocycles. The van der Waals surface area contributed by atoms with Crippen LogP contribution in [0.15, 0.2) is 53.3 Å². The molecule has 0 atom stereocenters. The summed E-state index contributed by atoms with van der Waals surface area (Å²) in [7, 11) is 1.59. The molecule has 10 heteroatoms. The van der Waals surface area contributed by atoms with E-state index < -0.39 is 0 Å². The van der Waals surface area contributed by atoms with Crippen LogP contribution in [0.2, 0.25) is 15.1 Å². The Morgan fingerprint density at radius 3 is 2.45 bits per heavy atom. The molecular weight excluding hydrogens is 465 g/mol. The molecule has 0 saturated carbocycles. The molecule has 0 bridgehead atoms. The van der Waals surface area contributed by atoms with Gasteiger partial charge in [0.2, 0.25) is 0 Å². The van der Waals surface area contributed by atoms with Gasteiger partial charge in [0.25, 0.3) is 11.5 Å². The topological polar surface area (TPSA) is 82.5 Å². The van der Waals surface area contributed by atoms with E-state index in [9.17, 15) is 9.59 Å². The quantitative estimate of drug-likeness (QED) is 0.489. The molecule has 0 saturated heterocycles. The lowest BCUT2D eigenvalue weighted by Crippen LogP contribution is -2.34. The average Bonchev–Trinajstić information content (AvgIpc) is 2.76. The molecule has 3 aromatic rings. The van der Waals surface area contributed by atoms with E-state index in [1.54, 1.807) is 13.2 Å². The van der Waals surface area contributed by atoms with E-state index in [1.807, 2.05) is 24.3 Å². The Balaban J connectivity index is 1.55. The molecule has 0 aliphatic rings. The first kappa shape index (κ1) is 22.9. The fraction of sp³-hybridized carbons (Fsp3) is 0.190. The molecule has 0 radical (unpaired) electrons. The maximum absolute atomic E-state index is 12.1. The van der Waals surface area contributed by atoms with E-state index in [2.05, 4.69) is 10.4 Å². The second-order valence-electron chi connectivity index (χ2n) is 6.34. The van der Waals surface area contributed by atoms with Gasteiger partial charge >= 0.3 is 0 Å². The van der Waals surface area contributed by atoms with Crippen molar-refractivity contribution in [2.75, 3.05) is 20.3 Å². The van der Waals surface area contributed by atoms with Gasteiger partial charge in [-0.1, -0.05) is 34.8 Å². The highest BCUT2D eigenvalue weighted by atomic mass is 35.5. The lowest BCUT2D eigenvalue weighted by atomic mass is 10.1. The zero-order valence-electron chi connectivity index (χ0n) is 16.4. The van der Waals surface area contributed by atoms with Crippen LogP contribution in [-0.4, -0.2) is 35.9 Å². The van der Waals surface area contributed by atoms with Crippen molar-refractivity contribution >= 4 is 40.7 Å². The van der Waals surface area contributed by atoms with Crippen molar-refractivity contribution in [3.05, 3.63) is 74.0 Å². The number of hydrogen-bond donors (Lipinski definition) is 1. The van der Waals surface area contributed by atoms with Gasteiger partial charge in [-0.05, 0) is 36.4 Å². The van der Waals surface area contributed by atoms with Gasteiger partial charge < -0.3 is 14.8 Å². The molecule has 0 unspecified atom stereocenters. The lowest BCUT2D eigenvalue weighted by Gasteiger charge is -2.11. The van der Waals surface area contributed by atoms with Gasteiger partial charge in [-0.2, -0.15) is 5.10 Å². The number of ether oxygens (including phenoxy) is 2. The minimum atomic E-state index is -0.388. The van der Waals surface area contributed by atoms with Gasteiger partial charge in [-0.3, -0.25) is 9.59 Å². The molecule has 31 heavy (non-hydrogen) atoms. The number of halogens is 3. The number of nitrogens with one attached hydrogen (secondary N) is 1. The van der Waals surface area contributed by atoms with Gasteiger partial charge in [0, 0.05) is 24.2 Å². The fourth-order valence-corrected chi connectivity index (χ4v) is 3.23. The number of carbonyl (C=O) groups excluding carboxylic acids is 1. The van der Waals surface area contributed by atoms with E-state index in [-0.39, 0.29) is 47.0 Å². The third-order valence-electron chi connectivity index (χ3n) is 4.23. The summed E-state index contributed by atoms with van der Waals surface area (Å²) in [5.41, 5.74) is 1.20. The third kappa shape index (κ3) is 6.13. The van der Waals surface area contributed by atoms with Crippen molar-refractivity contribution in [2.24, 2.45) is 0 Å². The van der Waals surface area contributed by atoms with Crippen molar-refractivity contribution in [1.29, 1.82) is 0 Å². The average molecular weight is 483 g/mol. The first-order valence-electron chi connectivity index (χ1n) is 9.14. The molecular formula is C21H18Cl3N3O4. The number of amides is 1. The molecule has 1 heterocycles. The Labute approximate surface area is 193 Å². The van der Waals surface area contributed by atoms with Crippen molar-refractivity contribution in [2.45, 2.75) is 6.54 Å². The Kier molecular flexibility index (Phi) is 7.79. The SMILES string of the molecule is COc1ccc(-c2ccc(=O)n(CCNC(=O)COc3cc(Cl)c(Cl)cc3Cl)n2)cc1. The van der Waals surface area contributed by atoms with Crippen molar-refractivity contribution in [3.63, 3.8) is 0 Å². The summed E-state index contributed by atoms with van der Waals surface area (Å²) < 4.78 is 11.8. The number of rotatable bonds is 8. The first-order chi connectivity index (χ1) is 14.9. The Hall–Kier alpha value is -2.74. The number of aromatic nitrogens is 2. The largest absolute Gasteiger partial charge is 0.497 e. The van der Waals surface area contributed by atoms with E-state index in [4.69, 9.17) is 44.3 Å². The Bertz CT molecular complexity index is 1130. The zero-order valence-corrected chi connectivity index (χ0v) is 18.7. The number of carbonyl (C=O) groups is 1. The van der Waals surface area contributed by atoms with Crippen LogP contribution in [0.1, 0.15) is 0 Å². The van der Waals surface area contributed by atoms with Gasteiger partial charge in [0.15, 0.2) is 6.61 Å². The Morgan fingerprint density at radius 2 is 1.74 bits per heavy atom. The third-order valence-corrected chi connectivity index (χ3v) is 5.25. The van der Waals surface area contributed by atoms with Crippen LogP contribution >= 0.6 is 34.8 Å². The van der Waals surface area contributed by atoms with Crippen LogP contribution in [0.25, 0.3) is 11.3 Å². The molecule has 0 aliphatic carbocycles. The fourth-order valence-electron chi connectivity index (χ4n) is 2.64. The van der Waals surface area contributed by atoms with E-state index in [0.717, 1.165) is 11.3 Å². The van der Waals surface area contributed by atoms with Gasteiger partial charge in [0.05, 0.1) is 34.4 Å². The normalized spacial score (nSPS) is 10.6. The monoisotopic (exact) mass is 481 g/mol. The van der Waals surface area contributed by atoms with Crippen LogP contribution in [0.5, 0.6) is 11.5 Å². The first-order valence-corrected chi connectivity index (χ1v) is 10.3. The van der Waals surface area contributed by atoms with Gasteiger partial charge in [-0.25, -0.2) is 4.68 Å². The number of methoxy groups -OCH3 is 1. The highest BCUT2D eigenvalue weighted by Crippen LogP contribution is 2.33. The molecule has 7 nitrogen and oxygen atoms in total. The maximum Gasteiger partial charge on any atom is 0.266 e. The maximum atomic E-state index is 12.1. The standard InChI is InChI=1S/C21H18Cl3N3O4/c1-30-14-4-2-13(3-5-14)18-6-7-21(29)27(26-18)9-8-25-20(28)12-31-19-11-16(23)15(22)10-17(19)24/h2-7,10-11H,8-9,12H2,1H3,(H,25,28). The van der Waals surface area contributed by atoms with Gasteiger partial charge in [-0.15, -0.1) is 0 Å². The molecule has 2 aromatic carbocycles. The predicted octanol–water partition coefficient (Wildman–Crippen LogP) is 4.07. The minimum absolute atomic E-state index is 0.191. The van der Waals surface area contributed by atoms with E-state index in [1.165, 1.54) is 22.9 Å². The van der Waals surface area contributed by atoms with Crippen LogP contribution in [-0.2, 0) is 11.3 Å². The number of benzene rings is 2. The molecule has 3 rings (SSSR count). The van der Waals surface area contributed by atoms with Crippen LogP contribution < -0.4 is 20.3 Å². The minimum Gasteiger partial charge on any atom is -0.497 e. The summed E-state index contributed by atoms with van der Waals surface area (Å²) in [4.78, 5) is 24.1. The highest BCUT2D eigenvalue weighted by molar-refractivity contribution is 6.43.